The Labute approximate surface area is 166 Å². The van der Waals surface area contributed by atoms with Gasteiger partial charge in [-0.25, -0.2) is 0 Å². The molecule has 1 heterocycles. The first kappa shape index (κ1) is 19.7. The number of likely N-dealkylation sites (tertiary alicyclic amines) is 1. The lowest BCUT2D eigenvalue weighted by molar-refractivity contribution is -0.112. The molecule has 0 spiro atoms. The molecule has 1 aliphatic rings. The second kappa shape index (κ2) is 9.72. The van der Waals surface area contributed by atoms with Crippen molar-refractivity contribution in [3.8, 4) is 6.07 Å². The number of carbonyl (C=O) groups excluding carboxylic acids is 1. The normalized spacial score (nSPS) is 15.6. The zero-order valence-corrected chi connectivity index (χ0v) is 16.2. The van der Waals surface area contributed by atoms with Gasteiger partial charge in [0.2, 0.25) is 0 Å². The van der Waals surface area contributed by atoms with Gasteiger partial charge in [0.25, 0.3) is 5.91 Å². The van der Waals surface area contributed by atoms with E-state index in [2.05, 4.69) is 39.8 Å². The monoisotopic (exact) mass is 374 g/mol. The molecule has 2 N–H and O–H groups in total. The summed E-state index contributed by atoms with van der Waals surface area (Å²) in [5.74, 6) is -0.384. The molecule has 0 bridgehead atoms. The number of anilines is 1. The Bertz CT molecular complexity index is 862. The van der Waals surface area contributed by atoms with Crippen molar-refractivity contribution in [1.82, 2.24) is 10.2 Å². The summed E-state index contributed by atoms with van der Waals surface area (Å²) in [4.78, 5) is 14.8. The second-order valence-electron chi connectivity index (χ2n) is 7.14. The maximum atomic E-state index is 12.4. The number of nitrogens with one attached hydrogen (secondary N) is 2. The van der Waals surface area contributed by atoms with Crippen molar-refractivity contribution < 1.29 is 4.79 Å². The molecule has 0 atom stereocenters. The predicted octanol–water partition coefficient (Wildman–Crippen LogP) is 3.60. The molecule has 0 aliphatic carbocycles. The first-order valence-electron chi connectivity index (χ1n) is 9.65. The highest BCUT2D eigenvalue weighted by Crippen LogP contribution is 2.16. The zero-order chi connectivity index (χ0) is 19.8. The summed E-state index contributed by atoms with van der Waals surface area (Å²) in [6.45, 7) is 4.88. The molecule has 1 fully saturated rings. The summed E-state index contributed by atoms with van der Waals surface area (Å²) in [5, 5.41) is 15.4. The lowest BCUT2D eigenvalue weighted by Crippen LogP contribution is -2.40. The molecule has 1 saturated heterocycles. The molecule has 0 saturated carbocycles. The van der Waals surface area contributed by atoms with Crippen LogP contribution in [0.15, 0.2) is 66.4 Å². The van der Waals surface area contributed by atoms with Crippen molar-refractivity contribution in [3.05, 3.63) is 77.5 Å². The highest BCUT2D eigenvalue weighted by molar-refractivity contribution is 6.06. The Kier molecular flexibility index (Phi) is 6.83. The van der Waals surface area contributed by atoms with Gasteiger partial charge in [0.05, 0.1) is 0 Å². The highest BCUT2D eigenvalue weighted by Gasteiger charge is 2.19. The number of piperidine rings is 1. The van der Waals surface area contributed by atoms with Crippen molar-refractivity contribution >= 4 is 11.6 Å². The Morgan fingerprint density at radius 2 is 1.82 bits per heavy atom. The fraction of sp³-hybridized carbons (Fsp3) is 0.304. The molecule has 5 heteroatoms. The molecule has 2 aromatic carbocycles. The molecule has 1 amide bonds. The Balaban J connectivity index is 1.49. The van der Waals surface area contributed by atoms with Crippen LogP contribution in [-0.4, -0.2) is 29.9 Å². The van der Waals surface area contributed by atoms with E-state index in [0.29, 0.717) is 0 Å². The SMILES string of the molecule is Cc1ccccc1NC(=O)/C(C#N)=C\NC1CCN(Cc2ccccc2)CC1. The fourth-order valence-corrected chi connectivity index (χ4v) is 3.35. The third-order valence-electron chi connectivity index (χ3n) is 5.06. The van der Waals surface area contributed by atoms with E-state index in [9.17, 15) is 10.1 Å². The quantitative estimate of drug-likeness (QED) is 0.599. The minimum atomic E-state index is -0.384. The highest BCUT2D eigenvalue weighted by atomic mass is 16.1. The van der Waals surface area contributed by atoms with Crippen LogP contribution >= 0.6 is 0 Å². The van der Waals surface area contributed by atoms with Crippen LogP contribution < -0.4 is 10.6 Å². The van der Waals surface area contributed by atoms with Gasteiger partial charge in [-0.1, -0.05) is 48.5 Å². The van der Waals surface area contributed by atoms with E-state index in [0.717, 1.165) is 43.7 Å². The van der Waals surface area contributed by atoms with Crippen LogP contribution in [-0.2, 0) is 11.3 Å². The van der Waals surface area contributed by atoms with Crippen LogP contribution in [0.3, 0.4) is 0 Å². The number of benzene rings is 2. The number of rotatable bonds is 6. The number of carbonyl (C=O) groups is 1. The second-order valence-corrected chi connectivity index (χ2v) is 7.14. The van der Waals surface area contributed by atoms with Gasteiger partial charge in [-0.2, -0.15) is 5.26 Å². The van der Waals surface area contributed by atoms with Crippen molar-refractivity contribution in [2.75, 3.05) is 18.4 Å². The minimum Gasteiger partial charge on any atom is -0.387 e. The average Bonchev–Trinajstić information content (AvgIpc) is 2.72. The van der Waals surface area contributed by atoms with Crippen molar-refractivity contribution in [2.45, 2.75) is 32.4 Å². The molecule has 144 valence electrons. The summed E-state index contributed by atoms with van der Waals surface area (Å²) in [5.41, 5.74) is 3.11. The van der Waals surface area contributed by atoms with Crippen LogP contribution in [0.4, 0.5) is 5.69 Å². The zero-order valence-electron chi connectivity index (χ0n) is 16.2. The van der Waals surface area contributed by atoms with E-state index in [1.165, 1.54) is 5.56 Å². The molecule has 1 aliphatic heterocycles. The van der Waals surface area contributed by atoms with Crippen LogP contribution in [0.2, 0.25) is 0 Å². The van der Waals surface area contributed by atoms with E-state index >= 15 is 0 Å². The smallest absolute Gasteiger partial charge is 0.267 e. The lowest BCUT2D eigenvalue weighted by atomic mass is 10.0. The summed E-state index contributed by atoms with van der Waals surface area (Å²) >= 11 is 0. The van der Waals surface area contributed by atoms with Crippen molar-refractivity contribution in [2.24, 2.45) is 0 Å². The first-order valence-corrected chi connectivity index (χ1v) is 9.65. The van der Waals surface area contributed by atoms with Gasteiger partial charge in [0, 0.05) is 37.6 Å². The first-order chi connectivity index (χ1) is 13.7. The van der Waals surface area contributed by atoms with Crippen molar-refractivity contribution in [3.63, 3.8) is 0 Å². The predicted molar refractivity (Wildman–Crippen MR) is 111 cm³/mol. The molecule has 3 rings (SSSR count). The Hall–Kier alpha value is -3.10. The average molecular weight is 374 g/mol. The third-order valence-corrected chi connectivity index (χ3v) is 5.06. The summed E-state index contributed by atoms with van der Waals surface area (Å²) < 4.78 is 0. The summed E-state index contributed by atoms with van der Waals surface area (Å²) in [6, 6.07) is 20.3. The number of hydrogen-bond donors (Lipinski definition) is 2. The number of nitriles is 1. The minimum absolute atomic E-state index is 0.0926. The molecular formula is C23H26N4O. The Morgan fingerprint density at radius 1 is 1.14 bits per heavy atom. The lowest BCUT2D eigenvalue weighted by Gasteiger charge is -2.32. The van der Waals surface area contributed by atoms with Gasteiger partial charge in [0.15, 0.2) is 0 Å². The molecule has 28 heavy (non-hydrogen) atoms. The van der Waals surface area contributed by atoms with E-state index in [1.807, 2.05) is 43.3 Å². The molecule has 0 unspecified atom stereocenters. The molecule has 0 radical (unpaired) electrons. The molecular weight excluding hydrogens is 348 g/mol. The summed E-state index contributed by atoms with van der Waals surface area (Å²) in [6.07, 6.45) is 3.54. The van der Waals surface area contributed by atoms with E-state index in [1.54, 1.807) is 6.20 Å². The number of aryl methyl sites for hydroxylation is 1. The van der Waals surface area contributed by atoms with Gasteiger partial charge in [-0.3, -0.25) is 9.69 Å². The standard InChI is InChI=1S/C23H26N4O/c1-18-7-5-6-10-22(18)26-23(28)20(15-24)16-25-21-11-13-27(14-12-21)17-19-8-3-2-4-9-19/h2-10,16,21,25H,11-14,17H2,1H3,(H,26,28)/b20-16-. The number of hydrogen-bond acceptors (Lipinski definition) is 4. The van der Waals surface area contributed by atoms with E-state index in [-0.39, 0.29) is 17.5 Å². The molecule has 5 nitrogen and oxygen atoms in total. The van der Waals surface area contributed by atoms with Crippen LogP contribution in [0.5, 0.6) is 0 Å². The van der Waals surface area contributed by atoms with E-state index in [4.69, 9.17) is 0 Å². The van der Waals surface area contributed by atoms with Gasteiger partial charge in [-0.15, -0.1) is 0 Å². The van der Waals surface area contributed by atoms with Crippen LogP contribution in [0, 0.1) is 18.3 Å². The summed E-state index contributed by atoms with van der Waals surface area (Å²) in [7, 11) is 0. The van der Waals surface area contributed by atoms with Crippen LogP contribution in [0.25, 0.3) is 0 Å². The van der Waals surface area contributed by atoms with Gasteiger partial charge < -0.3 is 10.6 Å². The number of nitrogens with zero attached hydrogens (tertiary/aromatic N) is 2. The largest absolute Gasteiger partial charge is 0.387 e. The van der Waals surface area contributed by atoms with Crippen molar-refractivity contribution in [1.29, 1.82) is 5.26 Å². The molecule has 0 aromatic heterocycles. The van der Waals surface area contributed by atoms with Crippen LogP contribution in [0.1, 0.15) is 24.0 Å². The topological polar surface area (TPSA) is 68.2 Å². The number of amides is 1. The maximum Gasteiger partial charge on any atom is 0.267 e. The van der Waals surface area contributed by atoms with Gasteiger partial charge in [0.1, 0.15) is 11.6 Å². The molecule has 2 aromatic rings. The maximum absolute atomic E-state index is 12.4. The third kappa shape index (κ3) is 5.45. The fourth-order valence-electron chi connectivity index (χ4n) is 3.35. The number of para-hydroxylation sites is 1. The van der Waals surface area contributed by atoms with Gasteiger partial charge in [-0.05, 0) is 37.0 Å². The van der Waals surface area contributed by atoms with Gasteiger partial charge >= 0.3 is 0 Å². The Morgan fingerprint density at radius 3 is 2.50 bits per heavy atom. The van der Waals surface area contributed by atoms with E-state index < -0.39 is 0 Å².